The van der Waals surface area contributed by atoms with E-state index in [1.807, 2.05) is 17.8 Å². The van der Waals surface area contributed by atoms with Crippen molar-refractivity contribution in [3.8, 4) is 0 Å². The number of hydrogen-bond acceptors (Lipinski definition) is 2. The van der Waals surface area contributed by atoms with Crippen LogP contribution in [0.2, 0.25) is 0 Å². The lowest BCUT2D eigenvalue weighted by atomic mass is 9.87. The predicted molar refractivity (Wildman–Crippen MR) is 82.5 cm³/mol. The van der Waals surface area contributed by atoms with Gasteiger partial charge in [-0.2, -0.15) is 0 Å². The molecule has 0 radical (unpaired) electrons. The van der Waals surface area contributed by atoms with Crippen molar-refractivity contribution in [2.45, 2.75) is 47.0 Å². The minimum Gasteiger partial charge on any atom is -0.396 e. The lowest BCUT2D eigenvalue weighted by molar-refractivity contribution is 0.148. The van der Waals surface area contributed by atoms with Crippen molar-refractivity contribution < 1.29 is 5.11 Å². The first-order chi connectivity index (χ1) is 8.28. The van der Waals surface area contributed by atoms with E-state index in [1.165, 1.54) is 9.81 Å². The summed E-state index contributed by atoms with van der Waals surface area (Å²) in [4.78, 5) is 2.70. The average molecular weight is 266 g/mol. The topological polar surface area (TPSA) is 20.2 Å². The van der Waals surface area contributed by atoms with Crippen molar-refractivity contribution in [1.29, 1.82) is 0 Å². The Morgan fingerprint density at radius 2 is 2.06 bits per heavy atom. The Kier molecular flexibility index (Phi) is 5.30. The van der Waals surface area contributed by atoms with Crippen molar-refractivity contribution in [1.82, 2.24) is 0 Å². The Hall–Kier alpha value is -0.470. The van der Waals surface area contributed by atoms with Crippen LogP contribution >= 0.6 is 11.8 Å². The smallest absolute Gasteiger partial charge is 0.0482 e. The van der Waals surface area contributed by atoms with Gasteiger partial charge in [-0.15, -0.1) is 0 Å². The lowest BCUT2D eigenvalue weighted by Crippen LogP contribution is -2.16. The van der Waals surface area contributed by atoms with E-state index >= 15 is 0 Å². The maximum atomic E-state index is 9.25. The maximum absolute atomic E-state index is 9.25. The standard InChI is InChI=1S/C16H26OS/c1-6-13-10-16(4,5)11-14(18-13)8-7-9-15(2,3)12-17/h6,10-11,17H,1,7-9,12H2,2-5H3. The third-order valence-electron chi connectivity index (χ3n) is 3.20. The van der Waals surface area contributed by atoms with Gasteiger partial charge in [0.1, 0.15) is 0 Å². The minimum atomic E-state index is 0.0481. The molecule has 2 heteroatoms. The van der Waals surface area contributed by atoms with Gasteiger partial charge in [-0.25, -0.2) is 0 Å². The zero-order valence-electron chi connectivity index (χ0n) is 12.1. The zero-order chi connectivity index (χ0) is 13.8. The first kappa shape index (κ1) is 15.6. The van der Waals surface area contributed by atoms with Crippen LogP contribution in [0.25, 0.3) is 0 Å². The Bertz CT molecular complexity index is 361. The summed E-state index contributed by atoms with van der Waals surface area (Å²) in [5.41, 5.74) is 0.184. The fourth-order valence-electron chi connectivity index (χ4n) is 2.08. The third-order valence-corrected chi connectivity index (χ3v) is 4.31. The Morgan fingerprint density at radius 1 is 1.39 bits per heavy atom. The molecular weight excluding hydrogens is 240 g/mol. The highest BCUT2D eigenvalue weighted by Gasteiger charge is 2.21. The second-order valence-electron chi connectivity index (χ2n) is 6.46. The molecule has 1 nitrogen and oxygen atoms in total. The SMILES string of the molecule is C=CC1=CC(C)(C)C=C(CCCC(C)(C)CO)S1. The van der Waals surface area contributed by atoms with E-state index in [-0.39, 0.29) is 17.4 Å². The van der Waals surface area contributed by atoms with Gasteiger partial charge in [0.2, 0.25) is 0 Å². The van der Waals surface area contributed by atoms with Crippen LogP contribution in [0, 0.1) is 10.8 Å². The van der Waals surface area contributed by atoms with Crippen molar-refractivity contribution in [3.63, 3.8) is 0 Å². The average Bonchev–Trinajstić information content (AvgIpc) is 2.26. The summed E-state index contributed by atoms with van der Waals surface area (Å²) < 4.78 is 0. The largest absolute Gasteiger partial charge is 0.396 e. The van der Waals surface area contributed by atoms with E-state index in [0.29, 0.717) is 0 Å². The van der Waals surface area contributed by atoms with Crippen LogP contribution in [0.15, 0.2) is 34.6 Å². The molecule has 0 bridgehead atoms. The van der Waals surface area contributed by atoms with Crippen LogP contribution < -0.4 is 0 Å². The van der Waals surface area contributed by atoms with Crippen LogP contribution in [-0.2, 0) is 0 Å². The second kappa shape index (κ2) is 6.12. The molecule has 0 saturated heterocycles. The fourth-order valence-corrected chi connectivity index (χ4v) is 3.44. The normalized spacial score (nSPS) is 19.2. The monoisotopic (exact) mass is 266 g/mol. The molecule has 18 heavy (non-hydrogen) atoms. The van der Waals surface area contributed by atoms with Crippen molar-refractivity contribution in [3.05, 3.63) is 34.6 Å². The fraction of sp³-hybridized carbons (Fsp3) is 0.625. The summed E-state index contributed by atoms with van der Waals surface area (Å²) in [6.45, 7) is 12.8. The minimum absolute atomic E-state index is 0.0481. The number of thioether (sulfide) groups is 1. The highest BCUT2D eigenvalue weighted by molar-refractivity contribution is 8.06. The van der Waals surface area contributed by atoms with E-state index in [1.54, 1.807) is 0 Å². The molecule has 1 N–H and O–H groups in total. The molecule has 1 heterocycles. The van der Waals surface area contributed by atoms with Gasteiger partial charge in [0.15, 0.2) is 0 Å². The Labute approximate surface area is 116 Å². The number of rotatable bonds is 6. The molecule has 0 saturated carbocycles. The number of aliphatic hydroxyl groups excluding tert-OH is 1. The van der Waals surface area contributed by atoms with Crippen LogP contribution in [0.4, 0.5) is 0 Å². The first-order valence-electron chi connectivity index (χ1n) is 6.64. The van der Waals surface area contributed by atoms with Crippen LogP contribution in [0.3, 0.4) is 0 Å². The molecular formula is C16H26OS. The van der Waals surface area contributed by atoms with Gasteiger partial charge in [-0.1, -0.05) is 64.3 Å². The van der Waals surface area contributed by atoms with E-state index in [4.69, 9.17) is 0 Å². The van der Waals surface area contributed by atoms with E-state index in [9.17, 15) is 5.11 Å². The predicted octanol–water partition coefficient (Wildman–Crippen LogP) is 4.90. The van der Waals surface area contributed by atoms with Gasteiger partial charge >= 0.3 is 0 Å². The van der Waals surface area contributed by atoms with E-state index in [0.717, 1.165) is 19.3 Å². The molecule has 0 aromatic rings. The summed E-state index contributed by atoms with van der Waals surface area (Å²) in [7, 11) is 0. The first-order valence-corrected chi connectivity index (χ1v) is 7.45. The molecule has 0 amide bonds. The molecule has 0 unspecified atom stereocenters. The molecule has 1 aliphatic heterocycles. The quantitative estimate of drug-likeness (QED) is 0.737. The van der Waals surface area contributed by atoms with Crippen LogP contribution in [0.1, 0.15) is 47.0 Å². The summed E-state index contributed by atoms with van der Waals surface area (Å²) >= 11 is 1.83. The lowest BCUT2D eigenvalue weighted by Gasteiger charge is -2.26. The second-order valence-corrected chi connectivity index (χ2v) is 7.66. The van der Waals surface area contributed by atoms with Crippen LogP contribution in [-0.4, -0.2) is 11.7 Å². The van der Waals surface area contributed by atoms with Gasteiger partial charge in [0, 0.05) is 16.9 Å². The van der Waals surface area contributed by atoms with E-state index < -0.39 is 0 Å². The molecule has 0 spiro atoms. The van der Waals surface area contributed by atoms with Gasteiger partial charge in [0.25, 0.3) is 0 Å². The van der Waals surface area contributed by atoms with Crippen LogP contribution in [0.5, 0.6) is 0 Å². The molecule has 0 aliphatic carbocycles. The van der Waals surface area contributed by atoms with Gasteiger partial charge in [-0.05, 0) is 29.6 Å². The summed E-state index contributed by atoms with van der Waals surface area (Å²) in [5, 5.41) is 9.25. The van der Waals surface area contributed by atoms with E-state index in [2.05, 4.69) is 46.4 Å². The summed E-state index contributed by atoms with van der Waals surface area (Å²) in [5.74, 6) is 0. The van der Waals surface area contributed by atoms with Gasteiger partial charge in [0.05, 0.1) is 0 Å². The third kappa shape index (κ3) is 5.03. The number of hydrogen-bond donors (Lipinski definition) is 1. The summed E-state index contributed by atoms with van der Waals surface area (Å²) in [6.07, 6.45) is 9.87. The van der Waals surface area contributed by atoms with Crippen molar-refractivity contribution in [2.75, 3.05) is 6.61 Å². The molecule has 0 atom stereocenters. The molecule has 0 aromatic heterocycles. The number of aliphatic hydroxyl groups is 1. The Morgan fingerprint density at radius 3 is 2.61 bits per heavy atom. The molecule has 1 aliphatic rings. The molecule has 0 aromatic carbocycles. The summed E-state index contributed by atoms with van der Waals surface area (Å²) in [6, 6.07) is 0. The van der Waals surface area contributed by atoms with Gasteiger partial charge in [-0.3, -0.25) is 0 Å². The number of allylic oxidation sites excluding steroid dienone is 4. The van der Waals surface area contributed by atoms with Crippen molar-refractivity contribution in [2.24, 2.45) is 10.8 Å². The van der Waals surface area contributed by atoms with Gasteiger partial charge < -0.3 is 5.11 Å². The highest BCUT2D eigenvalue weighted by Crippen LogP contribution is 2.41. The zero-order valence-corrected chi connectivity index (χ0v) is 12.9. The highest BCUT2D eigenvalue weighted by atomic mass is 32.2. The Balaban J connectivity index is 2.54. The molecule has 102 valence electrons. The van der Waals surface area contributed by atoms with Crippen molar-refractivity contribution >= 4 is 11.8 Å². The molecule has 0 fully saturated rings. The maximum Gasteiger partial charge on any atom is 0.0482 e. The molecule has 1 rings (SSSR count).